The average molecular weight is 435 g/mol. The molecule has 0 heterocycles. The Morgan fingerprint density at radius 1 is 0.839 bits per heavy atom. The molecular weight excluding hydrogens is 388 g/mol. The Labute approximate surface area is 191 Å². The van der Waals surface area contributed by atoms with Crippen LogP contribution in [0, 0.1) is 17.8 Å². The third-order valence-electron chi connectivity index (χ3n) is 4.93. The largest absolute Gasteiger partial charge is 0.466 e. The van der Waals surface area contributed by atoms with Crippen LogP contribution in [0.1, 0.15) is 118 Å². The van der Waals surface area contributed by atoms with Gasteiger partial charge < -0.3 is 9.47 Å². The highest BCUT2D eigenvalue weighted by molar-refractivity contribution is 5.72. The van der Waals surface area contributed by atoms with E-state index in [-0.39, 0.29) is 24.8 Å². The molecule has 0 aromatic rings. The van der Waals surface area contributed by atoms with Gasteiger partial charge in [0, 0.05) is 12.8 Å². The molecule has 0 aliphatic rings. The molecule has 1 unspecified atom stereocenters. The Hall–Kier alpha value is -1.76. The second kappa shape index (κ2) is 20.2. The first kappa shape index (κ1) is 29.2. The number of allylic oxidation sites excluding steroid dienone is 1. The van der Waals surface area contributed by atoms with Crippen molar-refractivity contribution in [1.29, 1.82) is 0 Å². The third kappa shape index (κ3) is 21.3. The maximum Gasteiger partial charge on any atom is 0.307 e. The van der Waals surface area contributed by atoms with E-state index >= 15 is 0 Å². The minimum atomic E-state index is -0.424. The molecule has 0 spiro atoms. The second-order valence-electron chi connectivity index (χ2n) is 8.91. The van der Waals surface area contributed by atoms with Crippen molar-refractivity contribution in [2.45, 2.75) is 124 Å². The molecular formula is C27H46O4. The summed E-state index contributed by atoms with van der Waals surface area (Å²) in [6, 6.07) is 0. The van der Waals surface area contributed by atoms with Crippen LogP contribution in [0.4, 0.5) is 0 Å². The number of hydrogen-bond donors (Lipinski definition) is 0. The Kier molecular flexibility index (Phi) is 19.0. The molecule has 0 fully saturated rings. The summed E-state index contributed by atoms with van der Waals surface area (Å²) in [5.74, 6) is 5.68. The Balaban J connectivity index is 3.76. The Morgan fingerprint density at radius 3 is 1.94 bits per heavy atom. The van der Waals surface area contributed by atoms with E-state index in [1.165, 1.54) is 51.4 Å². The predicted molar refractivity (Wildman–Crippen MR) is 129 cm³/mol. The van der Waals surface area contributed by atoms with Crippen LogP contribution in [-0.4, -0.2) is 24.6 Å². The Morgan fingerprint density at radius 2 is 1.39 bits per heavy atom. The molecule has 178 valence electrons. The smallest absolute Gasteiger partial charge is 0.307 e. The van der Waals surface area contributed by atoms with Crippen molar-refractivity contribution >= 4 is 11.9 Å². The highest BCUT2D eigenvalue weighted by atomic mass is 16.5. The summed E-state index contributed by atoms with van der Waals surface area (Å²) in [5, 5.41) is 0. The minimum Gasteiger partial charge on any atom is -0.466 e. The lowest BCUT2D eigenvalue weighted by atomic mass is 10.1. The zero-order valence-corrected chi connectivity index (χ0v) is 20.6. The van der Waals surface area contributed by atoms with Crippen LogP contribution in [0.3, 0.4) is 0 Å². The van der Waals surface area contributed by atoms with Gasteiger partial charge in [0.25, 0.3) is 0 Å². The van der Waals surface area contributed by atoms with E-state index in [0.29, 0.717) is 25.4 Å². The highest BCUT2D eigenvalue weighted by Crippen LogP contribution is 2.12. The molecule has 0 aromatic heterocycles. The molecule has 0 saturated heterocycles. The van der Waals surface area contributed by atoms with Crippen molar-refractivity contribution < 1.29 is 19.1 Å². The molecule has 0 aromatic carbocycles. The summed E-state index contributed by atoms with van der Waals surface area (Å²) in [6.07, 6.45) is 13.7. The van der Waals surface area contributed by atoms with Crippen LogP contribution in [0.25, 0.3) is 0 Å². The van der Waals surface area contributed by atoms with Gasteiger partial charge >= 0.3 is 11.9 Å². The maximum atomic E-state index is 12.1. The third-order valence-corrected chi connectivity index (χ3v) is 4.93. The molecule has 0 rings (SSSR count). The van der Waals surface area contributed by atoms with Gasteiger partial charge in [0.1, 0.15) is 0 Å². The lowest BCUT2D eigenvalue weighted by Gasteiger charge is -2.14. The number of carbonyl (C=O) groups excluding carboxylic acids is 2. The van der Waals surface area contributed by atoms with Crippen molar-refractivity contribution in [3.63, 3.8) is 0 Å². The average Bonchev–Trinajstić information content (AvgIpc) is 2.69. The van der Waals surface area contributed by atoms with E-state index < -0.39 is 6.10 Å². The maximum absolute atomic E-state index is 12.1. The summed E-state index contributed by atoms with van der Waals surface area (Å²) in [6.45, 7) is 12.4. The van der Waals surface area contributed by atoms with Crippen LogP contribution >= 0.6 is 0 Å². The van der Waals surface area contributed by atoms with Crippen molar-refractivity contribution in [3.8, 4) is 11.8 Å². The Bertz CT molecular complexity index is 553. The van der Waals surface area contributed by atoms with Gasteiger partial charge in [-0.1, -0.05) is 97.0 Å². The number of unbranched alkanes of at least 4 members (excludes halogenated alkanes) is 9. The molecule has 0 amide bonds. The van der Waals surface area contributed by atoms with E-state index in [0.717, 1.165) is 18.4 Å². The van der Waals surface area contributed by atoms with Gasteiger partial charge in [0.15, 0.2) is 6.10 Å². The molecule has 0 N–H and O–H groups in total. The van der Waals surface area contributed by atoms with E-state index in [2.05, 4.69) is 39.2 Å². The molecule has 1 atom stereocenters. The van der Waals surface area contributed by atoms with E-state index in [9.17, 15) is 9.59 Å². The molecule has 4 heteroatoms. The van der Waals surface area contributed by atoms with Gasteiger partial charge in [-0.3, -0.25) is 9.59 Å². The van der Waals surface area contributed by atoms with E-state index in [1.807, 2.05) is 6.92 Å². The fourth-order valence-corrected chi connectivity index (χ4v) is 3.21. The van der Waals surface area contributed by atoms with Crippen molar-refractivity contribution in [2.75, 3.05) is 6.61 Å². The van der Waals surface area contributed by atoms with Crippen LogP contribution in [-0.2, 0) is 19.1 Å². The molecule has 0 aliphatic carbocycles. The summed E-state index contributed by atoms with van der Waals surface area (Å²) >= 11 is 0. The lowest BCUT2D eigenvalue weighted by Crippen LogP contribution is -2.19. The van der Waals surface area contributed by atoms with E-state index in [1.54, 1.807) is 0 Å². The number of rotatable bonds is 18. The number of hydrogen-bond acceptors (Lipinski definition) is 4. The summed E-state index contributed by atoms with van der Waals surface area (Å²) in [7, 11) is 0. The standard InChI is InChI=1S/C27H46O4/c1-6-7-8-9-10-11-12-13-14-15-21-30-26(28)17-16-18-27(29)31-25(22-24(4)5)20-19-23(2)3/h24-25H,2,6-18,21-22H2,1,3-5H3. The van der Waals surface area contributed by atoms with Gasteiger partial charge in [-0.15, -0.1) is 0 Å². The fourth-order valence-electron chi connectivity index (χ4n) is 3.21. The van der Waals surface area contributed by atoms with Crippen LogP contribution < -0.4 is 0 Å². The highest BCUT2D eigenvalue weighted by Gasteiger charge is 2.14. The number of carbonyl (C=O) groups is 2. The number of esters is 2. The quantitative estimate of drug-likeness (QED) is 0.130. The zero-order chi connectivity index (χ0) is 23.3. The molecule has 0 aliphatic heterocycles. The topological polar surface area (TPSA) is 52.6 Å². The lowest BCUT2D eigenvalue weighted by molar-refractivity contribution is -0.147. The fraction of sp³-hybridized carbons (Fsp3) is 0.778. The number of ether oxygens (including phenoxy) is 2. The first-order valence-corrected chi connectivity index (χ1v) is 12.4. The molecule has 31 heavy (non-hydrogen) atoms. The first-order valence-electron chi connectivity index (χ1n) is 12.4. The summed E-state index contributed by atoms with van der Waals surface area (Å²) in [4.78, 5) is 23.9. The van der Waals surface area contributed by atoms with Gasteiger partial charge in [-0.05, 0) is 37.7 Å². The van der Waals surface area contributed by atoms with E-state index in [4.69, 9.17) is 9.47 Å². The normalized spacial score (nSPS) is 11.5. The van der Waals surface area contributed by atoms with Crippen molar-refractivity contribution in [2.24, 2.45) is 5.92 Å². The molecule has 4 nitrogen and oxygen atoms in total. The molecule has 0 bridgehead atoms. The van der Waals surface area contributed by atoms with Crippen molar-refractivity contribution in [1.82, 2.24) is 0 Å². The SMILES string of the molecule is C=C(C)C#CC(CC(C)C)OC(=O)CCCC(=O)OCCCCCCCCCCCC. The van der Waals surface area contributed by atoms with Gasteiger partial charge in [-0.25, -0.2) is 0 Å². The summed E-state index contributed by atoms with van der Waals surface area (Å²) in [5.41, 5.74) is 0.745. The van der Waals surface area contributed by atoms with Gasteiger partial charge in [-0.2, -0.15) is 0 Å². The second-order valence-corrected chi connectivity index (χ2v) is 8.91. The van der Waals surface area contributed by atoms with Crippen molar-refractivity contribution in [3.05, 3.63) is 12.2 Å². The monoisotopic (exact) mass is 434 g/mol. The van der Waals surface area contributed by atoms with Gasteiger partial charge in [0.05, 0.1) is 6.61 Å². The molecule has 0 radical (unpaired) electrons. The minimum absolute atomic E-state index is 0.205. The summed E-state index contributed by atoms with van der Waals surface area (Å²) < 4.78 is 10.7. The van der Waals surface area contributed by atoms with Gasteiger partial charge in [0.2, 0.25) is 0 Å². The predicted octanol–water partition coefficient (Wildman–Crippen LogP) is 7.16. The molecule has 0 saturated carbocycles. The van der Waals surface area contributed by atoms with Crippen LogP contribution in [0.5, 0.6) is 0 Å². The first-order chi connectivity index (χ1) is 14.8. The van der Waals surface area contributed by atoms with Crippen LogP contribution in [0.15, 0.2) is 12.2 Å². The van der Waals surface area contributed by atoms with Crippen LogP contribution in [0.2, 0.25) is 0 Å². The zero-order valence-electron chi connectivity index (χ0n) is 20.6.